The van der Waals surface area contributed by atoms with Crippen LogP contribution in [0, 0.1) is 5.82 Å². The maximum absolute atomic E-state index is 12.9. The lowest BCUT2D eigenvalue weighted by molar-refractivity contribution is -0.116. The minimum atomic E-state index is -0.253. The Labute approximate surface area is 129 Å². The van der Waals surface area contributed by atoms with Gasteiger partial charge in [-0.2, -0.15) is 0 Å². The van der Waals surface area contributed by atoms with Crippen LogP contribution in [0.4, 0.5) is 21.5 Å². The zero-order valence-corrected chi connectivity index (χ0v) is 12.5. The van der Waals surface area contributed by atoms with E-state index < -0.39 is 0 Å². The van der Waals surface area contributed by atoms with Crippen molar-refractivity contribution in [3.05, 3.63) is 53.8 Å². The second-order valence-corrected chi connectivity index (χ2v) is 5.08. The topological polar surface area (TPSA) is 67.2 Å². The maximum atomic E-state index is 12.9. The fourth-order valence-electron chi connectivity index (χ4n) is 2.02. The van der Waals surface area contributed by atoms with Crippen LogP contribution in [-0.4, -0.2) is 5.91 Å². The van der Waals surface area contributed by atoms with Gasteiger partial charge in [0, 0.05) is 18.7 Å². The highest BCUT2D eigenvalue weighted by atomic mass is 19.1. The second-order valence-electron chi connectivity index (χ2n) is 5.08. The average Bonchev–Trinajstić information content (AvgIpc) is 2.50. The first-order valence-electron chi connectivity index (χ1n) is 7.26. The van der Waals surface area contributed by atoms with Crippen LogP contribution in [0.5, 0.6) is 0 Å². The fourth-order valence-corrected chi connectivity index (χ4v) is 2.02. The lowest BCUT2D eigenvalue weighted by Crippen LogP contribution is -2.12. The first-order chi connectivity index (χ1) is 10.6. The number of benzene rings is 2. The molecule has 22 heavy (non-hydrogen) atoms. The molecule has 2 aromatic rings. The molecule has 2 rings (SSSR count). The quantitative estimate of drug-likeness (QED) is 0.712. The number of hydrogen-bond acceptors (Lipinski definition) is 3. The molecule has 0 aliphatic carbocycles. The molecule has 4 nitrogen and oxygen atoms in total. The van der Waals surface area contributed by atoms with Crippen LogP contribution < -0.4 is 16.4 Å². The number of nitrogen functional groups attached to an aromatic ring is 1. The lowest BCUT2D eigenvalue weighted by Gasteiger charge is -2.12. The van der Waals surface area contributed by atoms with Crippen LogP contribution in [-0.2, 0) is 11.3 Å². The molecule has 0 spiro atoms. The Kier molecular flexibility index (Phi) is 5.36. The van der Waals surface area contributed by atoms with Gasteiger partial charge in [0.05, 0.1) is 11.4 Å². The molecule has 0 saturated carbocycles. The number of rotatable bonds is 6. The van der Waals surface area contributed by atoms with Gasteiger partial charge in [-0.05, 0) is 42.3 Å². The molecule has 2 aromatic carbocycles. The van der Waals surface area contributed by atoms with Crippen LogP contribution >= 0.6 is 0 Å². The molecule has 4 N–H and O–H groups in total. The average molecular weight is 301 g/mol. The normalized spacial score (nSPS) is 10.3. The first kappa shape index (κ1) is 15.8. The van der Waals surface area contributed by atoms with Crippen LogP contribution in [0.15, 0.2) is 42.5 Å². The third-order valence-electron chi connectivity index (χ3n) is 3.21. The molecule has 0 aromatic heterocycles. The summed E-state index contributed by atoms with van der Waals surface area (Å²) in [4.78, 5) is 11.7. The first-order valence-corrected chi connectivity index (χ1v) is 7.26. The molecule has 0 saturated heterocycles. The number of amides is 1. The predicted octanol–water partition coefficient (Wildman–Crippen LogP) is 3.76. The standard InChI is InChI=1S/C17H20FN3O/c1-2-3-17(22)21-16-10-14(8-9-15(16)19)20-11-12-4-6-13(18)7-5-12/h4-10,20H,2-3,11,19H2,1H3,(H,21,22). The van der Waals surface area contributed by atoms with E-state index in [1.165, 1.54) is 12.1 Å². The molecule has 0 unspecified atom stereocenters. The Balaban J connectivity index is 2.02. The van der Waals surface area contributed by atoms with E-state index >= 15 is 0 Å². The van der Waals surface area contributed by atoms with Crippen molar-refractivity contribution in [3.8, 4) is 0 Å². The van der Waals surface area contributed by atoms with Crippen molar-refractivity contribution in [1.82, 2.24) is 0 Å². The number of carbonyl (C=O) groups is 1. The highest BCUT2D eigenvalue weighted by Gasteiger charge is 2.05. The smallest absolute Gasteiger partial charge is 0.224 e. The van der Waals surface area contributed by atoms with Crippen molar-refractivity contribution in [3.63, 3.8) is 0 Å². The second kappa shape index (κ2) is 7.45. The molecule has 1 amide bonds. The van der Waals surface area contributed by atoms with Gasteiger partial charge in [0.1, 0.15) is 5.82 Å². The van der Waals surface area contributed by atoms with Gasteiger partial charge in [0.15, 0.2) is 0 Å². The van der Waals surface area contributed by atoms with E-state index in [-0.39, 0.29) is 11.7 Å². The third-order valence-corrected chi connectivity index (χ3v) is 3.21. The van der Waals surface area contributed by atoms with Gasteiger partial charge < -0.3 is 16.4 Å². The molecular formula is C17H20FN3O. The molecule has 0 aliphatic heterocycles. The van der Waals surface area contributed by atoms with Gasteiger partial charge in [0.2, 0.25) is 5.91 Å². The molecule has 0 aliphatic rings. The summed E-state index contributed by atoms with van der Waals surface area (Å²) in [5.41, 5.74) is 8.80. The van der Waals surface area contributed by atoms with Crippen molar-refractivity contribution >= 4 is 23.0 Å². The third kappa shape index (κ3) is 4.48. The number of hydrogen-bond donors (Lipinski definition) is 3. The highest BCUT2D eigenvalue weighted by Crippen LogP contribution is 2.23. The van der Waals surface area contributed by atoms with Crippen LogP contribution in [0.3, 0.4) is 0 Å². The molecule has 0 heterocycles. The van der Waals surface area contributed by atoms with Crippen LogP contribution in [0.25, 0.3) is 0 Å². The fraction of sp³-hybridized carbons (Fsp3) is 0.235. The van der Waals surface area contributed by atoms with E-state index in [1.807, 2.05) is 13.0 Å². The largest absolute Gasteiger partial charge is 0.397 e. The van der Waals surface area contributed by atoms with E-state index in [0.29, 0.717) is 24.3 Å². The molecule has 0 fully saturated rings. The van der Waals surface area contributed by atoms with Crippen molar-refractivity contribution in [2.24, 2.45) is 0 Å². The Morgan fingerprint density at radius 3 is 2.59 bits per heavy atom. The van der Waals surface area contributed by atoms with Gasteiger partial charge in [-0.15, -0.1) is 0 Å². The van der Waals surface area contributed by atoms with E-state index in [9.17, 15) is 9.18 Å². The van der Waals surface area contributed by atoms with Crippen LogP contribution in [0.2, 0.25) is 0 Å². The zero-order valence-electron chi connectivity index (χ0n) is 12.5. The Morgan fingerprint density at radius 1 is 1.18 bits per heavy atom. The monoisotopic (exact) mass is 301 g/mol. The summed E-state index contributed by atoms with van der Waals surface area (Å²) in [5.74, 6) is -0.304. The molecular weight excluding hydrogens is 281 g/mol. The summed E-state index contributed by atoms with van der Waals surface area (Å²) < 4.78 is 12.9. The Hall–Kier alpha value is -2.56. The summed E-state index contributed by atoms with van der Waals surface area (Å²) in [7, 11) is 0. The van der Waals surface area contributed by atoms with Crippen molar-refractivity contribution in [2.45, 2.75) is 26.3 Å². The summed E-state index contributed by atoms with van der Waals surface area (Å²) in [5, 5.41) is 6.03. The van der Waals surface area contributed by atoms with E-state index in [4.69, 9.17) is 5.73 Å². The summed E-state index contributed by atoms with van der Waals surface area (Å²) in [6.45, 7) is 2.51. The van der Waals surface area contributed by atoms with E-state index in [2.05, 4.69) is 10.6 Å². The van der Waals surface area contributed by atoms with Crippen molar-refractivity contribution in [1.29, 1.82) is 0 Å². The highest BCUT2D eigenvalue weighted by molar-refractivity contribution is 5.94. The van der Waals surface area contributed by atoms with Crippen molar-refractivity contribution in [2.75, 3.05) is 16.4 Å². The van der Waals surface area contributed by atoms with Crippen LogP contribution in [0.1, 0.15) is 25.3 Å². The summed E-state index contributed by atoms with van der Waals surface area (Å²) in [6.07, 6.45) is 1.25. The minimum Gasteiger partial charge on any atom is -0.397 e. The predicted molar refractivity (Wildman–Crippen MR) is 88.1 cm³/mol. The van der Waals surface area contributed by atoms with Gasteiger partial charge in [0.25, 0.3) is 0 Å². The van der Waals surface area contributed by atoms with Gasteiger partial charge in [-0.1, -0.05) is 19.1 Å². The van der Waals surface area contributed by atoms with Gasteiger partial charge in [-0.3, -0.25) is 4.79 Å². The number of carbonyl (C=O) groups excluding carboxylic acids is 1. The molecule has 116 valence electrons. The molecule has 0 bridgehead atoms. The summed E-state index contributed by atoms with van der Waals surface area (Å²) >= 11 is 0. The number of nitrogens with one attached hydrogen (secondary N) is 2. The van der Waals surface area contributed by atoms with Gasteiger partial charge in [-0.25, -0.2) is 4.39 Å². The summed E-state index contributed by atoms with van der Waals surface area (Å²) in [6, 6.07) is 11.7. The van der Waals surface area contributed by atoms with E-state index in [0.717, 1.165) is 17.7 Å². The Bertz CT molecular complexity index is 641. The lowest BCUT2D eigenvalue weighted by atomic mass is 10.2. The molecule has 0 radical (unpaired) electrons. The molecule has 5 heteroatoms. The minimum absolute atomic E-state index is 0.0510. The maximum Gasteiger partial charge on any atom is 0.224 e. The SMILES string of the molecule is CCCC(=O)Nc1cc(NCc2ccc(F)cc2)ccc1N. The zero-order chi connectivity index (χ0) is 15.9. The number of anilines is 3. The number of nitrogens with two attached hydrogens (primary N) is 1. The number of halogens is 1. The van der Waals surface area contributed by atoms with E-state index in [1.54, 1.807) is 24.3 Å². The molecule has 0 atom stereocenters. The Morgan fingerprint density at radius 2 is 1.91 bits per heavy atom. The van der Waals surface area contributed by atoms with Crippen molar-refractivity contribution < 1.29 is 9.18 Å². The van der Waals surface area contributed by atoms with Gasteiger partial charge >= 0.3 is 0 Å².